The standard InChI is InChI=1S/C36H22N2/c1-2-12-24-23(11-1)25-13-3-7-17-31(25)37-33-19-9-5-15-27(33)29-21-22-30-28-16-6-10-20-34(28)38(36(30)35(29)37)32-18-8-4-14-26(24)32/h1-22H. The minimum Gasteiger partial charge on any atom is -0.307 e. The molecule has 0 N–H and O–H groups in total. The van der Waals surface area contributed by atoms with Crippen LogP contribution in [0.1, 0.15) is 0 Å². The summed E-state index contributed by atoms with van der Waals surface area (Å²) in [7, 11) is 0. The van der Waals surface area contributed by atoms with Crippen LogP contribution >= 0.6 is 0 Å². The summed E-state index contributed by atoms with van der Waals surface area (Å²) in [6.07, 6.45) is 0. The van der Waals surface area contributed by atoms with Gasteiger partial charge in [-0.15, -0.1) is 0 Å². The SMILES string of the molecule is c1ccc2c(c1)c1ccccc1n1c3ccccc3c3ccc4c5ccccc5n(c5ccccc25)c4c31. The fourth-order valence-corrected chi connectivity index (χ4v) is 6.75. The molecular weight excluding hydrogens is 460 g/mol. The first kappa shape index (κ1) is 20.0. The Morgan fingerprint density at radius 1 is 0.237 bits per heavy atom. The van der Waals surface area contributed by atoms with E-state index in [1.165, 1.54) is 76.2 Å². The molecule has 0 amide bonds. The molecule has 0 spiro atoms. The molecule has 0 saturated heterocycles. The molecule has 0 aliphatic carbocycles. The molecule has 2 nitrogen and oxygen atoms in total. The summed E-state index contributed by atoms with van der Waals surface area (Å²) in [6.45, 7) is 0. The van der Waals surface area contributed by atoms with Crippen LogP contribution in [0.2, 0.25) is 0 Å². The highest BCUT2D eigenvalue weighted by molar-refractivity contribution is 6.25. The highest BCUT2D eigenvalue weighted by Gasteiger charge is 2.19. The smallest absolute Gasteiger partial charge is 0.0789 e. The molecule has 3 heterocycles. The maximum absolute atomic E-state index is 2.50. The fourth-order valence-electron chi connectivity index (χ4n) is 6.75. The molecule has 2 heteroatoms. The van der Waals surface area contributed by atoms with Crippen molar-refractivity contribution in [2.24, 2.45) is 0 Å². The maximum atomic E-state index is 2.50. The third-order valence-corrected chi connectivity index (χ3v) is 8.27. The lowest BCUT2D eigenvalue weighted by Crippen LogP contribution is -1.92. The monoisotopic (exact) mass is 482 g/mol. The molecule has 0 aliphatic rings. The summed E-state index contributed by atoms with van der Waals surface area (Å²) in [4.78, 5) is 0. The van der Waals surface area contributed by atoms with E-state index in [9.17, 15) is 0 Å². The average Bonchev–Trinajstić information content (AvgIpc) is 3.50. The zero-order valence-electron chi connectivity index (χ0n) is 20.6. The Bertz CT molecular complexity index is 2280. The van der Waals surface area contributed by atoms with Crippen molar-refractivity contribution >= 4 is 76.2 Å². The van der Waals surface area contributed by atoms with Crippen LogP contribution in [0, 0.1) is 0 Å². The third kappa shape index (κ3) is 2.42. The van der Waals surface area contributed by atoms with Gasteiger partial charge >= 0.3 is 0 Å². The summed E-state index contributed by atoms with van der Waals surface area (Å²) in [5.41, 5.74) is 7.36. The van der Waals surface area contributed by atoms with Crippen molar-refractivity contribution in [3.05, 3.63) is 133 Å². The summed E-state index contributed by atoms with van der Waals surface area (Å²) in [5.74, 6) is 0. The third-order valence-electron chi connectivity index (χ3n) is 8.27. The lowest BCUT2D eigenvalue weighted by atomic mass is 10.0. The van der Waals surface area contributed by atoms with Crippen LogP contribution in [0.5, 0.6) is 0 Å². The molecule has 0 radical (unpaired) electrons. The minimum atomic E-state index is 1.20. The van der Waals surface area contributed by atoms with Gasteiger partial charge < -0.3 is 8.80 Å². The van der Waals surface area contributed by atoms with Gasteiger partial charge in [0, 0.05) is 32.3 Å². The zero-order valence-corrected chi connectivity index (χ0v) is 20.6. The van der Waals surface area contributed by atoms with Gasteiger partial charge in [0.15, 0.2) is 0 Å². The summed E-state index contributed by atoms with van der Waals surface area (Å²) in [6, 6.07) is 48.9. The molecule has 176 valence electrons. The van der Waals surface area contributed by atoms with Gasteiger partial charge in [-0.25, -0.2) is 0 Å². The van der Waals surface area contributed by atoms with Gasteiger partial charge in [-0.2, -0.15) is 0 Å². The largest absolute Gasteiger partial charge is 0.307 e. The summed E-state index contributed by atoms with van der Waals surface area (Å²) < 4.78 is 5.00. The van der Waals surface area contributed by atoms with E-state index in [0.29, 0.717) is 0 Å². The molecule has 0 unspecified atom stereocenters. The van der Waals surface area contributed by atoms with Gasteiger partial charge in [-0.05, 0) is 35.0 Å². The first-order valence-electron chi connectivity index (χ1n) is 13.1. The lowest BCUT2D eigenvalue weighted by molar-refractivity contribution is 1.31. The van der Waals surface area contributed by atoms with Gasteiger partial charge in [-0.1, -0.05) is 109 Å². The first-order valence-corrected chi connectivity index (χ1v) is 13.1. The van der Waals surface area contributed by atoms with Gasteiger partial charge in [0.2, 0.25) is 0 Å². The van der Waals surface area contributed by atoms with Crippen LogP contribution in [0.3, 0.4) is 0 Å². The van der Waals surface area contributed by atoms with Crippen molar-refractivity contribution < 1.29 is 0 Å². The van der Waals surface area contributed by atoms with Gasteiger partial charge in [0.05, 0.1) is 33.1 Å². The topological polar surface area (TPSA) is 8.82 Å². The van der Waals surface area contributed by atoms with Crippen molar-refractivity contribution in [1.29, 1.82) is 0 Å². The normalized spacial score (nSPS) is 12.2. The van der Waals surface area contributed by atoms with E-state index < -0.39 is 0 Å². The second-order valence-corrected chi connectivity index (χ2v) is 10.1. The van der Waals surface area contributed by atoms with E-state index in [4.69, 9.17) is 0 Å². The minimum absolute atomic E-state index is 1.20. The van der Waals surface area contributed by atoms with E-state index >= 15 is 0 Å². The number of para-hydroxylation sites is 4. The summed E-state index contributed by atoms with van der Waals surface area (Å²) >= 11 is 0. The Morgan fingerprint density at radius 2 is 0.500 bits per heavy atom. The van der Waals surface area contributed by atoms with Gasteiger partial charge in [0.25, 0.3) is 0 Å². The molecule has 0 bridgehead atoms. The Morgan fingerprint density at radius 3 is 0.842 bits per heavy atom. The number of hydrogen-bond donors (Lipinski definition) is 0. The highest BCUT2D eigenvalue weighted by atomic mass is 15.0. The van der Waals surface area contributed by atoms with Crippen LogP contribution in [0.15, 0.2) is 133 Å². The number of nitrogens with zero attached hydrogens (tertiary/aromatic N) is 2. The van der Waals surface area contributed by atoms with Crippen molar-refractivity contribution in [1.82, 2.24) is 8.80 Å². The fraction of sp³-hybridized carbons (Fsp3) is 0. The molecule has 9 aromatic rings. The quantitative estimate of drug-likeness (QED) is 0.203. The summed E-state index contributed by atoms with van der Waals surface area (Å²) in [5, 5.41) is 10.1. The molecule has 9 rings (SSSR count). The van der Waals surface area contributed by atoms with E-state index in [0.717, 1.165) is 0 Å². The zero-order chi connectivity index (χ0) is 24.8. The molecular formula is C36H22N2. The molecule has 0 fully saturated rings. The average molecular weight is 483 g/mol. The van der Waals surface area contributed by atoms with Crippen LogP contribution in [-0.4, -0.2) is 8.80 Å². The molecule has 0 aliphatic heterocycles. The maximum Gasteiger partial charge on any atom is 0.0789 e. The first-order chi connectivity index (χ1) is 18.9. The number of aromatic nitrogens is 2. The Balaban J connectivity index is 1.84. The van der Waals surface area contributed by atoms with Crippen LogP contribution < -0.4 is 0 Å². The second kappa shape index (κ2) is 7.24. The van der Waals surface area contributed by atoms with E-state index in [1.807, 2.05) is 0 Å². The van der Waals surface area contributed by atoms with Crippen molar-refractivity contribution in [3.63, 3.8) is 0 Å². The molecule has 3 aromatic heterocycles. The van der Waals surface area contributed by atoms with E-state index in [-0.39, 0.29) is 0 Å². The van der Waals surface area contributed by atoms with Crippen LogP contribution in [0.4, 0.5) is 0 Å². The van der Waals surface area contributed by atoms with Gasteiger partial charge in [0.1, 0.15) is 0 Å². The van der Waals surface area contributed by atoms with Crippen molar-refractivity contribution in [3.8, 4) is 0 Å². The van der Waals surface area contributed by atoms with Crippen LogP contribution in [0.25, 0.3) is 76.2 Å². The molecule has 0 atom stereocenters. The molecule has 38 heavy (non-hydrogen) atoms. The predicted molar refractivity (Wildman–Crippen MR) is 162 cm³/mol. The highest BCUT2D eigenvalue weighted by Crippen LogP contribution is 2.41. The lowest BCUT2D eigenvalue weighted by Gasteiger charge is -2.10. The van der Waals surface area contributed by atoms with Crippen LogP contribution in [-0.2, 0) is 0 Å². The van der Waals surface area contributed by atoms with Gasteiger partial charge in [-0.3, -0.25) is 0 Å². The Hall–Kier alpha value is -5.08. The number of fused-ring (bicyclic) bond motifs is 13. The van der Waals surface area contributed by atoms with Crippen molar-refractivity contribution in [2.45, 2.75) is 0 Å². The van der Waals surface area contributed by atoms with E-state index in [2.05, 4.69) is 142 Å². The Kier molecular flexibility index (Phi) is 3.82. The number of benzene rings is 6. The molecule has 6 aromatic carbocycles. The number of hydrogen-bond acceptors (Lipinski definition) is 0. The van der Waals surface area contributed by atoms with Crippen molar-refractivity contribution in [2.75, 3.05) is 0 Å². The predicted octanol–water partition coefficient (Wildman–Crippen LogP) is 9.67. The molecule has 0 saturated carbocycles. The second-order valence-electron chi connectivity index (χ2n) is 10.1. The Labute approximate surface area is 218 Å². The number of rotatable bonds is 0. The van der Waals surface area contributed by atoms with E-state index in [1.54, 1.807) is 0 Å².